The summed E-state index contributed by atoms with van der Waals surface area (Å²) in [5, 5.41) is 3.13. The molecule has 0 radical (unpaired) electrons. The zero-order valence-electron chi connectivity index (χ0n) is 19.5. The monoisotopic (exact) mass is 479 g/mol. The van der Waals surface area contributed by atoms with E-state index >= 15 is 0 Å². The number of allylic oxidation sites excluding steroid dienone is 4. The van der Waals surface area contributed by atoms with Crippen molar-refractivity contribution >= 4 is 45.0 Å². The number of amides is 1. The molecule has 1 aromatic rings. The number of carbonyl (C=O) groups is 1. The first kappa shape index (κ1) is 23.7. The minimum atomic E-state index is -0.135. The average molecular weight is 480 g/mol. The van der Waals surface area contributed by atoms with E-state index in [9.17, 15) is 4.79 Å². The zero-order chi connectivity index (χ0) is 23.2. The van der Waals surface area contributed by atoms with Crippen molar-refractivity contribution in [1.29, 1.82) is 0 Å². The number of rotatable bonds is 9. The Bertz CT molecular complexity index is 1040. The van der Waals surface area contributed by atoms with E-state index < -0.39 is 0 Å². The predicted octanol–water partition coefficient (Wildman–Crippen LogP) is 6.17. The van der Waals surface area contributed by atoms with Gasteiger partial charge in [-0.3, -0.25) is 14.6 Å². The molecular formula is C27H33N3OS2. The Kier molecular flexibility index (Phi) is 7.99. The standard InChI is InChI=1S/C27H33N3OS2/c1-3-5-6-7-13-19-29-26(31)24(30(27(29)32)23-15-9-8-10-16-23)18-20-33-25-17-12-11-14-22(25)21-28(33)4-2/h8-12,14-18,20-21,25H,3-7,13,19H2,1-2H3. The Morgan fingerprint density at radius 1 is 1.06 bits per heavy atom. The third kappa shape index (κ3) is 5.07. The lowest BCUT2D eigenvalue weighted by Gasteiger charge is -2.22. The normalized spacial score (nSPS) is 23.3. The fraction of sp³-hybridized carbons (Fsp3) is 0.370. The molecule has 1 fully saturated rings. The molecule has 2 heterocycles. The second-order valence-electron chi connectivity index (χ2n) is 8.39. The summed E-state index contributed by atoms with van der Waals surface area (Å²) in [7, 11) is -0.135. The van der Waals surface area contributed by atoms with E-state index in [-0.39, 0.29) is 16.6 Å². The van der Waals surface area contributed by atoms with Crippen LogP contribution in [0.15, 0.2) is 78.2 Å². The van der Waals surface area contributed by atoms with Gasteiger partial charge in [0.05, 0.1) is 5.25 Å². The average Bonchev–Trinajstić information content (AvgIpc) is 3.32. The maximum Gasteiger partial charge on any atom is 0.277 e. The largest absolute Gasteiger partial charge is 0.328 e. The van der Waals surface area contributed by atoms with Crippen LogP contribution in [-0.2, 0) is 4.79 Å². The van der Waals surface area contributed by atoms with Crippen molar-refractivity contribution in [2.24, 2.45) is 0 Å². The quantitative estimate of drug-likeness (QED) is 0.240. The maximum atomic E-state index is 13.5. The molecule has 4 nitrogen and oxygen atoms in total. The summed E-state index contributed by atoms with van der Waals surface area (Å²) in [6.07, 6.45) is 18.7. The van der Waals surface area contributed by atoms with Crippen molar-refractivity contribution in [3.8, 4) is 0 Å². The van der Waals surface area contributed by atoms with Gasteiger partial charge in [0.25, 0.3) is 5.91 Å². The molecule has 1 aliphatic carbocycles. The zero-order valence-corrected chi connectivity index (χ0v) is 21.2. The van der Waals surface area contributed by atoms with E-state index in [0.717, 1.165) is 25.1 Å². The molecule has 0 spiro atoms. The minimum absolute atomic E-state index is 0.00806. The van der Waals surface area contributed by atoms with Crippen LogP contribution in [0.1, 0.15) is 46.0 Å². The lowest BCUT2D eigenvalue weighted by atomic mass is 10.1. The molecule has 1 amide bonds. The summed E-state index contributed by atoms with van der Waals surface area (Å²) in [4.78, 5) is 17.3. The van der Waals surface area contributed by atoms with Gasteiger partial charge in [0.1, 0.15) is 5.70 Å². The number of anilines is 1. The van der Waals surface area contributed by atoms with Gasteiger partial charge in [-0.1, -0.05) is 85.8 Å². The van der Waals surface area contributed by atoms with Crippen LogP contribution in [0.2, 0.25) is 0 Å². The fourth-order valence-electron chi connectivity index (χ4n) is 4.37. The summed E-state index contributed by atoms with van der Waals surface area (Å²) >= 11 is 5.82. The molecule has 0 saturated carbocycles. The lowest BCUT2D eigenvalue weighted by molar-refractivity contribution is -0.122. The number of carbonyl (C=O) groups excluding carboxylic acids is 1. The fourth-order valence-corrected chi connectivity index (χ4v) is 6.85. The molecule has 1 saturated heterocycles. The van der Waals surface area contributed by atoms with Gasteiger partial charge in [-0.25, -0.2) is 0 Å². The van der Waals surface area contributed by atoms with Gasteiger partial charge in [-0.05, 0) is 54.7 Å². The van der Waals surface area contributed by atoms with E-state index in [1.165, 1.54) is 24.8 Å². The van der Waals surface area contributed by atoms with Crippen LogP contribution in [0.4, 0.5) is 5.69 Å². The Balaban J connectivity index is 1.62. The maximum absolute atomic E-state index is 13.5. The number of fused-ring (bicyclic) bond motifs is 1. The van der Waals surface area contributed by atoms with Crippen molar-refractivity contribution in [3.63, 3.8) is 0 Å². The van der Waals surface area contributed by atoms with E-state index in [4.69, 9.17) is 12.2 Å². The van der Waals surface area contributed by atoms with E-state index in [0.29, 0.717) is 22.6 Å². The van der Waals surface area contributed by atoms with Gasteiger partial charge in [0.15, 0.2) is 5.11 Å². The second kappa shape index (κ2) is 11.1. The second-order valence-corrected chi connectivity index (χ2v) is 10.7. The van der Waals surface area contributed by atoms with Crippen LogP contribution in [0.25, 0.3) is 0 Å². The van der Waals surface area contributed by atoms with Gasteiger partial charge >= 0.3 is 0 Å². The Labute approximate surface area is 206 Å². The highest BCUT2D eigenvalue weighted by atomic mass is 32.2. The smallest absolute Gasteiger partial charge is 0.277 e. The molecule has 3 aliphatic rings. The molecule has 2 atom stereocenters. The molecule has 6 heteroatoms. The van der Waals surface area contributed by atoms with Crippen molar-refractivity contribution in [3.05, 3.63) is 78.2 Å². The van der Waals surface area contributed by atoms with Gasteiger partial charge in [0, 0.05) is 25.0 Å². The third-order valence-electron chi connectivity index (χ3n) is 6.14. The van der Waals surface area contributed by atoms with Crippen LogP contribution in [-0.4, -0.2) is 43.9 Å². The molecule has 2 unspecified atom stereocenters. The Morgan fingerprint density at radius 3 is 2.61 bits per heavy atom. The molecular weight excluding hydrogens is 446 g/mol. The number of benzene rings is 1. The SMILES string of the molecule is CCCCCCCN1C(=O)C(=CC=S2C3C=CC=CC3=CN2CC)N(c2ccccc2)C1=S. The number of nitrogens with zero attached hydrogens (tertiary/aromatic N) is 3. The van der Waals surface area contributed by atoms with Gasteiger partial charge in [0.2, 0.25) is 0 Å². The summed E-state index contributed by atoms with van der Waals surface area (Å²) < 4.78 is 2.37. The molecule has 33 heavy (non-hydrogen) atoms. The number of hydrogen-bond donors (Lipinski definition) is 0. The van der Waals surface area contributed by atoms with Gasteiger partial charge in [-0.15, -0.1) is 0 Å². The Hall–Kier alpha value is -2.44. The Morgan fingerprint density at radius 2 is 1.85 bits per heavy atom. The van der Waals surface area contributed by atoms with Crippen LogP contribution in [0, 0.1) is 0 Å². The van der Waals surface area contributed by atoms with E-state index in [2.05, 4.69) is 54.0 Å². The number of thiocarbonyl (C=S) groups is 1. The third-order valence-corrected chi connectivity index (χ3v) is 8.82. The van der Waals surface area contributed by atoms with Crippen molar-refractivity contribution < 1.29 is 4.79 Å². The van der Waals surface area contributed by atoms with Crippen LogP contribution in [0.3, 0.4) is 0 Å². The van der Waals surface area contributed by atoms with Gasteiger partial charge in [-0.2, -0.15) is 0 Å². The van der Waals surface area contributed by atoms with Crippen LogP contribution >= 0.6 is 22.9 Å². The number of para-hydroxylation sites is 1. The highest BCUT2D eigenvalue weighted by molar-refractivity contribution is 8.14. The van der Waals surface area contributed by atoms with Crippen molar-refractivity contribution in [2.45, 2.75) is 51.2 Å². The molecule has 0 N–H and O–H groups in total. The number of hydrogen-bond acceptors (Lipinski definition) is 3. The molecule has 2 aliphatic heterocycles. The van der Waals surface area contributed by atoms with Crippen molar-refractivity contribution in [1.82, 2.24) is 9.21 Å². The molecule has 174 valence electrons. The highest BCUT2D eigenvalue weighted by Gasteiger charge is 2.38. The summed E-state index contributed by atoms with van der Waals surface area (Å²) in [6.45, 7) is 6.00. The molecule has 0 bridgehead atoms. The summed E-state index contributed by atoms with van der Waals surface area (Å²) in [6, 6.07) is 10.0. The first-order valence-corrected chi connectivity index (χ1v) is 13.7. The topological polar surface area (TPSA) is 26.8 Å². The summed E-state index contributed by atoms with van der Waals surface area (Å²) in [5.41, 5.74) is 2.91. The lowest BCUT2D eigenvalue weighted by Crippen LogP contribution is -2.33. The van der Waals surface area contributed by atoms with E-state index in [1.807, 2.05) is 41.3 Å². The van der Waals surface area contributed by atoms with Crippen LogP contribution < -0.4 is 4.90 Å². The van der Waals surface area contributed by atoms with Crippen LogP contribution in [0.5, 0.6) is 0 Å². The minimum Gasteiger partial charge on any atom is -0.328 e. The first-order valence-electron chi connectivity index (χ1n) is 12.0. The first-order chi connectivity index (χ1) is 16.2. The highest BCUT2D eigenvalue weighted by Crippen LogP contribution is 2.41. The molecule has 4 rings (SSSR count). The molecule has 1 aromatic carbocycles. The summed E-state index contributed by atoms with van der Waals surface area (Å²) in [5.74, 6) is 0.00806. The molecule has 0 aromatic heterocycles. The number of unbranched alkanes of at least 4 members (excludes halogenated alkanes) is 4. The van der Waals surface area contributed by atoms with E-state index in [1.54, 1.807) is 4.90 Å². The van der Waals surface area contributed by atoms with Gasteiger partial charge < -0.3 is 4.31 Å². The predicted molar refractivity (Wildman–Crippen MR) is 146 cm³/mol. The van der Waals surface area contributed by atoms with Crippen molar-refractivity contribution in [2.75, 3.05) is 18.0 Å².